The van der Waals surface area contributed by atoms with E-state index in [4.69, 9.17) is 16.7 Å². The Labute approximate surface area is 248 Å². The number of hydrogen-bond donors (Lipinski definition) is 0. The molecule has 1 aromatic heterocycles. The lowest BCUT2D eigenvalue weighted by Gasteiger charge is -2.32. The molecule has 4 aromatic rings. The first-order valence-corrected chi connectivity index (χ1v) is 15.2. The molecule has 41 heavy (non-hydrogen) atoms. The Bertz CT molecular complexity index is 1570. The summed E-state index contributed by atoms with van der Waals surface area (Å²) in [6.45, 7) is 3.46. The van der Waals surface area contributed by atoms with E-state index < -0.39 is 0 Å². The number of piperidine rings is 1. The van der Waals surface area contributed by atoms with Crippen LogP contribution in [0.5, 0.6) is 0 Å². The zero-order valence-corrected chi connectivity index (χ0v) is 24.2. The van der Waals surface area contributed by atoms with Gasteiger partial charge in [0.05, 0.1) is 22.4 Å². The smallest absolute Gasteiger partial charge is 0.242 e. The monoisotopic (exact) mass is 588 g/mol. The molecule has 2 aliphatic rings. The molecule has 2 aliphatic heterocycles. The Hall–Kier alpha value is -3.62. The molecule has 0 aliphatic carbocycles. The van der Waals surface area contributed by atoms with Crippen molar-refractivity contribution in [2.75, 3.05) is 30.3 Å². The van der Waals surface area contributed by atoms with Crippen molar-refractivity contribution < 1.29 is 14.0 Å². The molecule has 9 heteroatoms. The predicted molar refractivity (Wildman–Crippen MR) is 162 cm³/mol. The second-order valence-electron chi connectivity index (χ2n) is 10.6. The van der Waals surface area contributed by atoms with Gasteiger partial charge >= 0.3 is 0 Å². The average molecular weight is 589 g/mol. The summed E-state index contributed by atoms with van der Waals surface area (Å²) in [5, 5.41) is 5.30. The molecule has 6 rings (SSSR count). The van der Waals surface area contributed by atoms with Crippen molar-refractivity contribution in [2.45, 2.75) is 25.0 Å². The fraction of sp³-hybridized carbons (Fsp3) is 0.281. The number of thioether (sulfide) groups is 1. The molecule has 0 radical (unpaired) electrons. The van der Waals surface area contributed by atoms with Crippen LogP contribution in [-0.4, -0.2) is 51.9 Å². The number of rotatable bonds is 5. The van der Waals surface area contributed by atoms with Gasteiger partial charge in [0.1, 0.15) is 18.2 Å². The average Bonchev–Trinajstić information content (AvgIpc) is 3.31. The maximum Gasteiger partial charge on any atom is 0.242 e. The largest absolute Gasteiger partial charge is 0.341 e. The maximum absolute atomic E-state index is 14.0. The normalized spacial score (nSPS) is 17.8. The van der Waals surface area contributed by atoms with Gasteiger partial charge < -0.3 is 4.90 Å². The maximum atomic E-state index is 14.0. The van der Waals surface area contributed by atoms with E-state index in [0.29, 0.717) is 41.2 Å². The summed E-state index contributed by atoms with van der Waals surface area (Å²) < 4.78 is 15.7. The van der Waals surface area contributed by atoms with Crippen LogP contribution in [0.3, 0.4) is 0 Å². The molecule has 6 nitrogen and oxygen atoms in total. The third kappa shape index (κ3) is 5.51. The number of hydrogen-bond acceptors (Lipinski definition) is 4. The Morgan fingerprint density at radius 2 is 1.68 bits per heavy atom. The van der Waals surface area contributed by atoms with Gasteiger partial charge in [-0.2, -0.15) is 5.10 Å². The molecule has 0 N–H and O–H groups in total. The number of nitrogens with zero attached hydrogens (tertiary/aromatic N) is 4. The van der Waals surface area contributed by atoms with E-state index in [0.717, 1.165) is 29.5 Å². The molecule has 2 amide bonds. The van der Waals surface area contributed by atoms with Crippen LogP contribution in [-0.2, 0) is 9.59 Å². The number of benzene rings is 3. The van der Waals surface area contributed by atoms with E-state index in [1.54, 1.807) is 21.7 Å². The number of anilines is 1. The third-order valence-corrected chi connectivity index (χ3v) is 9.41. The highest BCUT2D eigenvalue weighted by atomic mass is 35.5. The molecule has 1 atom stereocenters. The highest BCUT2D eigenvalue weighted by Gasteiger charge is 2.39. The zero-order valence-electron chi connectivity index (χ0n) is 22.7. The molecule has 0 spiro atoms. The van der Waals surface area contributed by atoms with Crippen LogP contribution in [0.15, 0.2) is 78.9 Å². The predicted octanol–water partition coefficient (Wildman–Crippen LogP) is 6.76. The van der Waals surface area contributed by atoms with Gasteiger partial charge in [0.2, 0.25) is 11.8 Å². The number of aromatic nitrogens is 2. The molecular weight excluding hydrogens is 559 g/mol. The van der Waals surface area contributed by atoms with Crippen molar-refractivity contribution in [1.82, 2.24) is 14.7 Å². The number of likely N-dealkylation sites (tertiary alicyclic amines) is 1. The first-order valence-electron chi connectivity index (χ1n) is 13.8. The molecule has 0 saturated carbocycles. The van der Waals surface area contributed by atoms with Crippen molar-refractivity contribution >= 4 is 41.0 Å². The van der Waals surface area contributed by atoms with Gasteiger partial charge in [0, 0.05) is 29.2 Å². The van der Waals surface area contributed by atoms with E-state index in [9.17, 15) is 14.0 Å². The summed E-state index contributed by atoms with van der Waals surface area (Å²) >= 11 is 8.22. The molecule has 3 aromatic carbocycles. The topological polar surface area (TPSA) is 58.4 Å². The summed E-state index contributed by atoms with van der Waals surface area (Å²) in [4.78, 5) is 31.0. The highest BCUT2D eigenvalue weighted by Crippen LogP contribution is 2.49. The minimum atomic E-state index is -0.373. The van der Waals surface area contributed by atoms with Crippen molar-refractivity contribution in [3.8, 4) is 16.9 Å². The number of amides is 2. The minimum Gasteiger partial charge on any atom is -0.341 e. The molecule has 1 fully saturated rings. The molecule has 210 valence electrons. The summed E-state index contributed by atoms with van der Waals surface area (Å²) in [6, 6.07) is 23.4. The lowest BCUT2D eigenvalue weighted by atomic mass is 9.99. The summed E-state index contributed by atoms with van der Waals surface area (Å²) in [5.74, 6) is 0.591. The zero-order chi connectivity index (χ0) is 28.5. The fourth-order valence-electron chi connectivity index (χ4n) is 5.52. The van der Waals surface area contributed by atoms with Crippen molar-refractivity contribution in [1.29, 1.82) is 0 Å². The number of fused-ring (bicyclic) bond motifs is 1. The Kier molecular flexibility index (Phi) is 7.86. The first-order chi connectivity index (χ1) is 19.9. The second kappa shape index (κ2) is 11.7. The van der Waals surface area contributed by atoms with Crippen LogP contribution >= 0.6 is 23.4 Å². The molecular formula is C32H30ClFN4O2S. The van der Waals surface area contributed by atoms with Crippen molar-refractivity contribution in [3.63, 3.8) is 0 Å². The van der Waals surface area contributed by atoms with Gasteiger partial charge in [-0.05, 0) is 54.7 Å². The van der Waals surface area contributed by atoms with E-state index in [-0.39, 0.29) is 35.2 Å². The summed E-state index contributed by atoms with van der Waals surface area (Å²) in [7, 11) is 0. The van der Waals surface area contributed by atoms with Crippen molar-refractivity contribution in [2.24, 2.45) is 5.92 Å². The van der Waals surface area contributed by atoms with Gasteiger partial charge in [-0.15, -0.1) is 11.8 Å². The van der Waals surface area contributed by atoms with Gasteiger partial charge in [-0.3, -0.25) is 14.5 Å². The third-order valence-electron chi connectivity index (χ3n) is 7.82. The van der Waals surface area contributed by atoms with Crippen LogP contribution in [0.2, 0.25) is 5.02 Å². The van der Waals surface area contributed by atoms with Crippen LogP contribution in [0, 0.1) is 11.7 Å². The molecule has 3 heterocycles. The number of carbonyl (C=O) groups excluding carboxylic acids is 2. The standard InChI is InChI=1S/C32H30ClFN4O2S/c1-21-15-17-36(18-16-21)27(39)19-37-28(40)20-41-31(25-9-5-6-10-26(25)33)29-30(22-7-3-2-4-8-22)35-38(32(29)37)24-13-11-23(34)12-14-24/h2-14,21,31H,15-20H2,1H3. The minimum absolute atomic E-state index is 0.0921. The van der Waals surface area contributed by atoms with Crippen molar-refractivity contribution in [3.05, 3.63) is 101 Å². The SMILES string of the molecule is CC1CCN(C(=O)CN2C(=O)CSC(c3ccccc3Cl)c3c(-c4ccccc4)nn(-c4ccc(F)cc4)c32)CC1. The van der Waals surface area contributed by atoms with Gasteiger partial charge in [0.15, 0.2) is 0 Å². The van der Waals surface area contributed by atoms with E-state index in [1.807, 2.05) is 59.5 Å². The van der Waals surface area contributed by atoms with Crippen LogP contribution in [0.25, 0.3) is 16.9 Å². The highest BCUT2D eigenvalue weighted by molar-refractivity contribution is 8.00. The van der Waals surface area contributed by atoms with Crippen LogP contribution < -0.4 is 4.90 Å². The van der Waals surface area contributed by atoms with Crippen LogP contribution in [0.4, 0.5) is 10.2 Å². The fourth-order valence-corrected chi connectivity index (χ4v) is 7.06. The molecule has 0 bridgehead atoms. The van der Waals surface area contributed by atoms with E-state index in [1.165, 1.54) is 23.9 Å². The Morgan fingerprint density at radius 1 is 1.00 bits per heavy atom. The Balaban J connectivity index is 1.57. The van der Waals surface area contributed by atoms with Crippen LogP contribution in [0.1, 0.15) is 36.1 Å². The van der Waals surface area contributed by atoms with Gasteiger partial charge in [-0.25, -0.2) is 9.07 Å². The van der Waals surface area contributed by atoms with Gasteiger partial charge in [-0.1, -0.05) is 67.1 Å². The lowest BCUT2D eigenvalue weighted by Crippen LogP contribution is -2.46. The lowest BCUT2D eigenvalue weighted by molar-refractivity contribution is -0.132. The number of halogens is 2. The summed E-state index contributed by atoms with van der Waals surface area (Å²) in [6.07, 6.45) is 1.89. The quantitative estimate of drug-likeness (QED) is 0.258. The molecule has 1 unspecified atom stereocenters. The van der Waals surface area contributed by atoms with E-state index in [2.05, 4.69) is 6.92 Å². The molecule has 1 saturated heterocycles. The number of carbonyl (C=O) groups is 2. The van der Waals surface area contributed by atoms with E-state index >= 15 is 0 Å². The van der Waals surface area contributed by atoms with Gasteiger partial charge in [0.25, 0.3) is 0 Å². The first kappa shape index (κ1) is 27.5. The second-order valence-corrected chi connectivity index (χ2v) is 12.1. The summed E-state index contributed by atoms with van der Waals surface area (Å²) in [5.41, 5.74) is 3.80. The Morgan fingerprint density at radius 3 is 2.39 bits per heavy atom.